The SMILES string of the molecule is COc1ccc([C@@H]2c3ccsc3CCN2C(=O)c2ccccc2Cl)cc1. The molecule has 0 N–H and O–H groups in total. The number of rotatable bonds is 3. The van der Waals surface area contributed by atoms with Crippen LogP contribution in [0.25, 0.3) is 0 Å². The van der Waals surface area contributed by atoms with Crippen LogP contribution in [0.5, 0.6) is 5.75 Å². The van der Waals surface area contributed by atoms with Gasteiger partial charge in [0.25, 0.3) is 5.91 Å². The first-order chi connectivity index (χ1) is 12.7. The molecule has 0 aliphatic carbocycles. The van der Waals surface area contributed by atoms with Crippen LogP contribution >= 0.6 is 22.9 Å². The summed E-state index contributed by atoms with van der Waals surface area (Å²) in [6, 6.07) is 17.2. The second-order valence-corrected chi connectivity index (χ2v) is 7.61. The molecular weight excluding hydrogens is 366 g/mol. The molecule has 0 radical (unpaired) electrons. The molecule has 26 heavy (non-hydrogen) atoms. The molecular formula is C21H18ClNO2S. The highest BCUT2D eigenvalue weighted by Crippen LogP contribution is 2.39. The highest BCUT2D eigenvalue weighted by Gasteiger charge is 2.33. The molecule has 0 fully saturated rings. The number of amides is 1. The van der Waals surface area contributed by atoms with Gasteiger partial charge in [-0.3, -0.25) is 4.79 Å². The number of hydrogen-bond acceptors (Lipinski definition) is 3. The summed E-state index contributed by atoms with van der Waals surface area (Å²) in [6.07, 6.45) is 0.871. The summed E-state index contributed by atoms with van der Waals surface area (Å²) < 4.78 is 5.27. The van der Waals surface area contributed by atoms with E-state index in [0.29, 0.717) is 17.1 Å². The fourth-order valence-corrected chi connectivity index (χ4v) is 4.59. The summed E-state index contributed by atoms with van der Waals surface area (Å²) in [5, 5.41) is 2.59. The third-order valence-electron chi connectivity index (χ3n) is 4.76. The van der Waals surface area contributed by atoms with E-state index in [1.165, 1.54) is 10.4 Å². The topological polar surface area (TPSA) is 29.5 Å². The maximum atomic E-state index is 13.3. The first kappa shape index (κ1) is 17.1. The van der Waals surface area contributed by atoms with Gasteiger partial charge in [0.1, 0.15) is 5.75 Å². The van der Waals surface area contributed by atoms with Gasteiger partial charge in [0.05, 0.1) is 23.7 Å². The Morgan fingerprint density at radius 2 is 1.92 bits per heavy atom. The number of benzene rings is 2. The second-order valence-electron chi connectivity index (χ2n) is 6.20. The molecule has 1 amide bonds. The summed E-state index contributed by atoms with van der Waals surface area (Å²) in [5.41, 5.74) is 2.82. The predicted octanol–water partition coefficient (Wildman–Crippen LogP) is 5.20. The van der Waals surface area contributed by atoms with Crippen LogP contribution in [0, 0.1) is 0 Å². The van der Waals surface area contributed by atoms with Gasteiger partial charge in [-0.2, -0.15) is 0 Å². The smallest absolute Gasteiger partial charge is 0.256 e. The quantitative estimate of drug-likeness (QED) is 0.622. The Kier molecular flexibility index (Phi) is 4.70. The van der Waals surface area contributed by atoms with Crippen molar-refractivity contribution >= 4 is 28.8 Å². The van der Waals surface area contributed by atoms with Gasteiger partial charge in [0.2, 0.25) is 0 Å². The minimum atomic E-state index is -0.111. The van der Waals surface area contributed by atoms with E-state index in [1.807, 2.05) is 41.3 Å². The lowest BCUT2D eigenvalue weighted by Crippen LogP contribution is -2.40. The van der Waals surface area contributed by atoms with Crippen molar-refractivity contribution in [3.05, 3.63) is 86.6 Å². The van der Waals surface area contributed by atoms with Crippen molar-refractivity contribution in [3.63, 3.8) is 0 Å². The van der Waals surface area contributed by atoms with E-state index in [-0.39, 0.29) is 11.9 Å². The Morgan fingerprint density at radius 3 is 2.65 bits per heavy atom. The fourth-order valence-electron chi connectivity index (χ4n) is 3.47. The molecule has 3 nitrogen and oxygen atoms in total. The number of halogens is 1. The number of carbonyl (C=O) groups excluding carboxylic acids is 1. The van der Waals surface area contributed by atoms with Gasteiger partial charge in [0, 0.05) is 11.4 Å². The molecule has 3 aromatic rings. The number of fused-ring (bicyclic) bond motifs is 1. The van der Waals surface area contributed by atoms with Crippen LogP contribution in [0.15, 0.2) is 60.0 Å². The molecule has 5 heteroatoms. The van der Waals surface area contributed by atoms with E-state index in [1.54, 1.807) is 30.6 Å². The van der Waals surface area contributed by atoms with Crippen LogP contribution in [0.1, 0.15) is 32.4 Å². The van der Waals surface area contributed by atoms with Gasteiger partial charge in [0.15, 0.2) is 0 Å². The molecule has 2 aromatic carbocycles. The Bertz CT molecular complexity index is 935. The van der Waals surface area contributed by atoms with Crippen molar-refractivity contribution in [2.75, 3.05) is 13.7 Å². The molecule has 4 rings (SSSR count). The zero-order valence-corrected chi connectivity index (χ0v) is 15.9. The molecule has 1 aliphatic rings. The lowest BCUT2D eigenvalue weighted by molar-refractivity contribution is 0.0696. The van der Waals surface area contributed by atoms with Crippen molar-refractivity contribution in [2.45, 2.75) is 12.5 Å². The van der Waals surface area contributed by atoms with E-state index in [9.17, 15) is 4.79 Å². The first-order valence-corrected chi connectivity index (χ1v) is 9.70. The Morgan fingerprint density at radius 1 is 1.15 bits per heavy atom. The number of thiophene rings is 1. The number of nitrogens with zero attached hydrogens (tertiary/aromatic N) is 1. The minimum absolute atomic E-state index is 0.0340. The monoisotopic (exact) mass is 383 g/mol. The van der Waals surface area contributed by atoms with Crippen LogP contribution in [-0.2, 0) is 6.42 Å². The lowest BCUT2D eigenvalue weighted by Gasteiger charge is -2.36. The van der Waals surface area contributed by atoms with E-state index in [4.69, 9.17) is 16.3 Å². The van der Waals surface area contributed by atoms with E-state index >= 15 is 0 Å². The van der Waals surface area contributed by atoms with Crippen LogP contribution in [0.3, 0.4) is 0 Å². The summed E-state index contributed by atoms with van der Waals surface area (Å²) in [7, 11) is 1.65. The van der Waals surface area contributed by atoms with E-state index in [0.717, 1.165) is 17.7 Å². The molecule has 0 bridgehead atoms. The summed E-state index contributed by atoms with van der Waals surface area (Å²) in [6.45, 7) is 0.675. The van der Waals surface area contributed by atoms with Crippen molar-refractivity contribution in [3.8, 4) is 5.75 Å². The average Bonchev–Trinajstić information content (AvgIpc) is 3.16. The van der Waals surface area contributed by atoms with E-state index < -0.39 is 0 Å². The molecule has 0 saturated heterocycles. The molecule has 0 spiro atoms. The summed E-state index contributed by atoms with van der Waals surface area (Å²) in [4.78, 5) is 16.5. The van der Waals surface area contributed by atoms with Crippen LogP contribution in [0.4, 0.5) is 0 Å². The van der Waals surface area contributed by atoms with Crippen LogP contribution < -0.4 is 4.74 Å². The zero-order valence-electron chi connectivity index (χ0n) is 14.3. The fraction of sp³-hybridized carbons (Fsp3) is 0.190. The van der Waals surface area contributed by atoms with Gasteiger partial charge in [-0.05, 0) is 53.3 Å². The lowest BCUT2D eigenvalue weighted by atomic mass is 9.92. The average molecular weight is 384 g/mol. The van der Waals surface area contributed by atoms with Crippen molar-refractivity contribution in [2.24, 2.45) is 0 Å². The standard InChI is InChI=1S/C21H18ClNO2S/c1-25-15-8-6-14(7-9-15)20-17-11-13-26-19(17)10-12-23(20)21(24)16-4-2-3-5-18(16)22/h2-9,11,13,20H,10,12H2,1H3/t20-/m1/s1. The van der Waals surface area contributed by atoms with Gasteiger partial charge < -0.3 is 9.64 Å². The Hall–Kier alpha value is -2.30. The molecule has 1 aliphatic heterocycles. The van der Waals surface area contributed by atoms with Gasteiger partial charge >= 0.3 is 0 Å². The number of hydrogen-bond donors (Lipinski definition) is 0. The maximum Gasteiger partial charge on any atom is 0.256 e. The number of ether oxygens (including phenoxy) is 1. The summed E-state index contributed by atoms with van der Waals surface area (Å²) in [5.74, 6) is 0.771. The molecule has 1 atom stereocenters. The molecule has 2 heterocycles. The third-order valence-corrected chi connectivity index (χ3v) is 6.09. The number of carbonyl (C=O) groups is 1. The largest absolute Gasteiger partial charge is 0.497 e. The Balaban J connectivity index is 1.77. The highest BCUT2D eigenvalue weighted by molar-refractivity contribution is 7.10. The number of methoxy groups -OCH3 is 1. The van der Waals surface area contributed by atoms with E-state index in [2.05, 4.69) is 11.4 Å². The molecule has 132 valence electrons. The molecule has 0 unspecified atom stereocenters. The minimum Gasteiger partial charge on any atom is -0.497 e. The molecule has 0 saturated carbocycles. The molecule has 1 aromatic heterocycles. The second kappa shape index (κ2) is 7.14. The normalized spacial score (nSPS) is 16.2. The van der Waals surface area contributed by atoms with Crippen molar-refractivity contribution in [1.82, 2.24) is 4.90 Å². The van der Waals surface area contributed by atoms with Crippen LogP contribution in [0.2, 0.25) is 5.02 Å². The van der Waals surface area contributed by atoms with Crippen molar-refractivity contribution in [1.29, 1.82) is 0 Å². The van der Waals surface area contributed by atoms with Crippen molar-refractivity contribution < 1.29 is 9.53 Å². The highest BCUT2D eigenvalue weighted by atomic mass is 35.5. The zero-order chi connectivity index (χ0) is 18.1. The third kappa shape index (κ3) is 3.00. The maximum absolute atomic E-state index is 13.3. The van der Waals surface area contributed by atoms with Gasteiger partial charge in [-0.25, -0.2) is 0 Å². The van der Waals surface area contributed by atoms with Crippen LogP contribution in [-0.4, -0.2) is 24.5 Å². The first-order valence-electron chi connectivity index (χ1n) is 8.44. The Labute approximate surface area is 161 Å². The summed E-state index contributed by atoms with van der Waals surface area (Å²) >= 11 is 8.04. The van der Waals surface area contributed by atoms with Gasteiger partial charge in [-0.15, -0.1) is 11.3 Å². The van der Waals surface area contributed by atoms with Gasteiger partial charge in [-0.1, -0.05) is 35.9 Å². The predicted molar refractivity (Wildman–Crippen MR) is 105 cm³/mol.